The molecule has 0 aliphatic carbocycles. The second-order valence-corrected chi connectivity index (χ2v) is 13.1. The molecule has 0 saturated heterocycles. The van der Waals surface area contributed by atoms with E-state index < -0.39 is 0 Å². The first kappa shape index (κ1) is 27.3. The van der Waals surface area contributed by atoms with Crippen molar-refractivity contribution in [2.45, 2.75) is 0 Å². The van der Waals surface area contributed by atoms with E-state index in [1.165, 1.54) is 54.2 Å². The Morgan fingerprint density at radius 3 is 1.70 bits per heavy atom. The zero-order chi connectivity index (χ0) is 32.8. The number of hydrogen-bond acceptors (Lipinski definition) is 2. The van der Waals surface area contributed by atoms with E-state index in [-0.39, 0.29) is 0 Å². The number of hydrogen-bond donors (Lipinski definition) is 0. The number of fused-ring (bicyclic) bond motifs is 7. The molecule has 232 valence electrons. The van der Waals surface area contributed by atoms with Gasteiger partial charge in [-0.2, -0.15) is 0 Å². The summed E-state index contributed by atoms with van der Waals surface area (Å²) in [5.41, 5.74) is 10.2. The second-order valence-electron chi connectivity index (χ2n) is 13.1. The Hall–Kier alpha value is -6.71. The standard InChI is InChI=1S/C47H29N3/c1-2-15-31(16-3-1)49-41-25-10-11-26-42(41)50-46-40(24-13-27-43(46)49)48-47(50)45-38-20-8-6-18-36(38)44(37-19-7-9-21-39(37)45)35-23-12-22-33-32-17-5-4-14-30(32)28-29-34(33)35/h1-29H. The molecule has 0 amide bonds. The van der Waals surface area contributed by atoms with E-state index >= 15 is 0 Å². The number of benzene rings is 9. The molecule has 3 nitrogen and oxygen atoms in total. The van der Waals surface area contributed by atoms with Crippen LogP contribution in [-0.2, 0) is 0 Å². The Morgan fingerprint density at radius 2 is 0.940 bits per heavy atom. The fraction of sp³-hybridized carbons (Fsp3) is 0. The van der Waals surface area contributed by atoms with Gasteiger partial charge in [0.15, 0.2) is 0 Å². The highest BCUT2D eigenvalue weighted by Gasteiger charge is 2.30. The Kier molecular flexibility index (Phi) is 5.67. The van der Waals surface area contributed by atoms with E-state index in [0.717, 1.165) is 45.2 Å². The van der Waals surface area contributed by atoms with Crippen molar-refractivity contribution in [2.75, 3.05) is 4.90 Å². The van der Waals surface area contributed by atoms with Crippen LogP contribution >= 0.6 is 0 Å². The molecule has 0 fully saturated rings. The van der Waals surface area contributed by atoms with Crippen molar-refractivity contribution in [3.05, 3.63) is 176 Å². The van der Waals surface area contributed by atoms with Crippen LogP contribution in [0, 0.1) is 0 Å². The molecule has 9 aromatic carbocycles. The molecule has 0 spiro atoms. The molecule has 2 heterocycles. The first-order valence-corrected chi connectivity index (χ1v) is 17.2. The molecular formula is C47H29N3. The van der Waals surface area contributed by atoms with Crippen LogP contribution in [0.5, 0.6) is 0 Å². The maximum absolute atomic E-state index is 5.50. The van der Waals surface area contributed by atoms with Crippen LogP contribution in [0.4, 0.5) is 17.1 Å². The summed E-state index contributed by atoms with van der Waals surface area (Å²) in [6.45, 7) is 0. The van der Waals surface area contributed by atoms with Crippen molar-refractivity contribution in [1.82, 2.24) is 9.55 Å². The molecule has 50 heavy (non-hydrogen) atoms. The largest absolute Gasteiger partial charge is 0.306 e. The molecule has 1 aliphatic heterocycles. The third-order valence-corrected chi connectivity index (χ3v) is 10.5. The smallest absolute Gasteiger partial charge is 0.147 e. The van der Waals surface area contributed by atoms with Crippen molar-refractivity contribution >= 4 is 71.2 Å². The molecule has 0 atom stereocenters. The van der Waals surface area contributed by atoms with Gasteiger partial charge in [-0.15, -0.1) is 0 Å². The SMILES string of the molecule is c1ccc(N2c3ccccc3-n3c(-c4c5ccccc5c(-c5cccc6c5ccc5ccccc56)c5ccccc45)nc4cccc2c43)cc1. The average molecular weight is 636 g/mol. The van der Waals surface area contributed by atoms with Crippen molar-refractivity contribution in [3.63, 3.8) is 0 Å². The van der Waals surface area contributed by atoms with Gasteiger partial charge in [-0.3, -0.25) is 4.57 Å². The molecule has 10 aromatic rings. The third kappa shape index (κ3) is 3.72. The van der Waals surface area contributed by atoms with E-state index in [4.69, 9.17) is 4.98 Å². The number of aromatic nitrogens is 2. The van der Waals surface area contributed by atoms with Crippen molar-refractivity contribution in [3.8, 4) is 28.2 Å². The van der Waals surface area contributed by atoms with Gasteiger partial charge in [0.05, 0.1) is 28.1 Å². The summed E-state index contributed by atoms with van der Waals surface area (Å²) in [7, 11) is 0. The van der Waals surface area contributed by atoms with E-state index in [9.17, 15) is 0 Å². The molecule has 1 aliphatic rings. The molecule has 0 bridgehead atoms. The van der Waals surface area contributed by atoms with Crippen LogP contribution in [0.1, 0.15) is 0 Å². The lowest BCUT2D eigenvalue weighted by molar-refractivity contribution is 1.07. The first-order valence-electron chi connectivity index (χ1n) is 17.2. The van der Waals surface area contributed by atoms with Gasteiger partial charge in [-0.05, 0) is 90.6 Å². The molecule has 0 N–H and O–H groups in total. The quantitative estimate of drug-likeness (QED) is 0.142. The van der Waals surface area contributed by atoms with Crippen LogP contribution < -0.4 is 4.90 Å². The molecule has 0 unspecified atom stereocenters. The fourth-order valence-corrected chi connectivity index (χ4v) is 8.44. The second kappa shape index (κ2) is 10.4. The number of imidazole rings is 1. The van der Waals surface area contributed by atoms with E-state index in [2.05, 4.69) is 185 Å². The van der Waals surface area contributed by atoms with Gasteiger partial charge < -0.3 is 4.90 Å². The maximum Gasteiger partial charge on any atom is 0.147 e. The summed E-state index contributed by atoms with van der Waals surface area (Å²) < 4.78 is 2.40. The fourth-order valence-electron chi connectivity index (χ4n) is 8.44. The lowest BCUT2D eigenvalue weighted by Gasteiger charge is -2.33. The minimum Gasteiger partial charge on any atom is -0.306 e. The van der Waals surface area contributed by atoms with Crippen LogP contribution in [0.25, 0.3) is 82.3 Å². The molecular weight excluding hydrogens is 607 g/mol. The van der Waals surface area contributed by atoms with Gasteiger partial charge in [-0.1, -0.05) is 140 Å². The molecule has 3 heteroatoms. The number of para-hydroxylation sites is 4. The Bertz CT molecular complexity index is 2930. The summed E-state index contributed by atoms with van der Waals surface area (Å²) in [5.74, 6) is 0.954. The third-order valence-electron chi connectivity index (χ3n) is 10.5. The highest BCUT2D eigenvalue weighted by Crippen LogP contribution is 2.51. The van der Waals surface area contributed by atoms with Gasteiger partial charge in [0.2, 0.25) is 0 Å². The molecule has 0 saturated carbocycles. The van der Waals surface area contributed by atoms with Gasteiger partial charge >= 0.3 is 0 Å². The van der Waals surface area contributed by atoms with Crippen LogP contribution in [-0.4, -0.2) is 9.55 Å². The minimum absolute atomic E-state index is 0.954. The average Bonchev–Trinajstić information content (AvgIpc) is 3.57. The van der Waals surface area contributed by atoms with Gasteiger partial charge in [0.1, 0.15) is 5.82 Å². The summed E-state index contributed by atoms with van der Waals surface area (Å²) in [5, 5.41) is 9.88. The predicted octanol–water partition coefficient (Wildman–Crippen LogP) is 12.8. The first-order chi connectivity index (χ1) is 24.8. The van der Waals surface area contributed by atoms with E-state index in [1.807, 2.05) is 0 Å². The van der Waals surface area contributed by atoms with Crippen LogP contribution in [0.15, 0.2) is 176 Å². The lowest BCUT2D eigenvalue weighted by atomic mass is 9.86. The van der Waals surface area contributed by atoms with Crippen LogP contribution in [0.2, 0.25) is 0 Å². The van der Waals surface area contributed by atoms with Crippen LogP contribution in [0.3, 0.4) is 0 Å². The van der Waals surface area contributed by atoms with Gasteiger partial charge in [0.25, 0.3) is 0 Å². The summed E-state index contributed by atoms with van der Waals surface area (Å²) >= 11 is 0. The number of nitrogens with zero attached hydrogens (tertiary/aromatic N) is 3. The van der Waals surface area contributed by atoms with Gasteiger partial charge in [-0.25, -0.2) is 4.98 Å². The Labute approximate surface area is 288 Å². The highest BCUT2D eigenvalue weighted by molar-refractivity contribution is 6.25. The maximum atomic E-state index is 5.50. The predicted molar refractivity (Wildman–Crippen MR) is 210 cm³/mol. The topological polar surface area (TPSA) is 21.1 Å². The Morgan fingerprint density at radius 1 is 0.360 bits per heavy atom. The number of anilines is 3. The zero-order valence-electron chi connectivity index (χ0n) is 27.1. The van der Waals surface area contributed by atoms with Gasteiger partial charge in [0, 0.05) is 11.3 Å². The Balaban J connectivity index is 1.26. The summed E-state index contributed by atoms with van der Waals surface area (Å²) in [6, 6.07) is 63.6. The zero-order valence-corrected chi connectivity index (χ0v) is 27.1. The summed E-state index contributed by atoms with van der Waals surface area (Å²) in [4.78, 5) is 7.87. The van der Waals surface area contributed by atoms with Crippen molar-refractivity contribution < 1.29 is 0 Å². The number of rotatable bonds is 3. The van der Waals surface area contributed by atoms with E-state index in [1.54, 1.807) is 0 Å². The van der Waals surface area contributed by atoms with E-state index in [0.29, 0.717) is 0 Å². The lowest BCUT2D eigenvalue weighted by Crippen LogP contribution is -2.18. The minimum atomic E-state index is 0.954. The van der Waals surface area contributed by atoms with Crippen molar-refractivity contribution in [2.24, 2.45) is 0 Å². The normalized spacial score (nSPS) is 12.4. The highest BCUT2D eigenvalue weighted by atomic mass is 15.2. The van der Waals surface area contributed by atoms with Crippen molar-refractivity contribution in [1.29, 1.82) is 0 Å². The molecule has 1 aromatic heterocycles. The molecule has 0 radical (unpaired) electrons. The monoisotopic (exact) mass is 635 g/mol. The molecule has 11 rings (SSSR count). The summed E-state index contributed by atoms with van der Waals surface area (Å²) in [6.07, 6.45) is 0.